The van der Waals surface area contributed by atoms with Gasteiger partial charge in [0, 0.05) is 43.3 Å². The van der Waals surface area contributed by atoms with Crippen molar-refractivity contribution in [3.8, 4) is 0 Å². The molecule has 1 heterocycles. The molecule has 1 saturated heterocycles. The maximum Gasteiger partial charge on any atom is 0.302 e. The molecular weight excluding hydrogens is 472 g/mol. The van der Waals surface area contributed by atoms with Gasteiger partial charge in [-0.25, -0.2) is 0 Å². The first-order valence-corrected chi connectivity index (χ1v) is 17.3. The van der Waals surface area contributed by atoms with Crippen LogP contribution in [-0.4, -0.2) is 57.2 Å². The maximum absolute atomic E-state index is 12.4. The molecule has 0 amide bonds. The zero-order chi connectivity index (χ0) is 26.6. The lowest BCUT2D eigenvalue weighted by molar-refractivity contribution is -0.252. The van der Waals surface area contributed by atoms with Crippen molar-refractivity contribution in [1.82, 2.24) is 0 Å². The average molecular weight is 525 g/mol. The van der Waals surface area contributed by atoms with Gasteiger partial charge in [-0.1, -0.05) is 34.6 Å². The van der Waals surface area contributed by atoms with Crippen molar-refractivity contribution >= 4 is 14.3 Å². The quantitative estimate of drug-likeness (QED) is 0.336. The van der Waals surface area contributed by atoms with Gasteiger partial charge in [0.15, 0.2) is 14.1 Å². The summed E-state index contributed by atoms with van der Waals surface area (Å²) in [4.78, 5) is 12.4. The number of hydrogen-bond donors (Lipinski definition) is 1. The molecule has 6 nitrogen and oxygen atoms in total. The van der Waals surface area contributed by atoms with Crippen molar-refractivity contribution in [1.29, 1.82) is 0 Å². The first-order chi connectivity index (χ1) is 16.7. The largest absolute Gasteiger partial charge is 0.462 e. The molecule has 0 aromatic carbocycles. The lowest BCUT2D eigenvalue weighted by atomic mass is 9.51. The van der Waals surface area contributed by atoms with Crippen LogP contribution in [0.15, 0.2) is 0 Å². The number of aliphatic hydroxyl groups is 1. The summed E-state index contributed by atoms with van der Waals surface area (Å²) < 4.78 is 25.7. The fourth-order valence-electron chi connectivity index (χ4n) is 8.20. The second-order valence-electron chi connectivity index (χ2n) is 14.2. The summed E-state index contributed by atoms with van der Waals surface area (Å²) in [7, 11) is -1.87. The molecule has 4 rings (SSSR count). The van der Waals surface area contributed by atoms with E-state index in [4.69, 9.17) is 18.6 Å². The average Bonchev–Trinajstić information content (AvgIpc) is 3.36. The van der Waals surface area contributed by atoms with E-state index in [-0.39, 0.29) is 52.5 Å². The molecule has 4 aliphatic rings. The molecule has 4 fully saturated rings. The number of rotatable bonds is 6. The highest BCUT2D eigenvalue weighted by Gasteiger charge is 2.67. The SMILES string of the molecule is CC(=O)O[C@@H]1[C@@H]([C@@]2(C)CCC(O[Si](C)(C)C(C)(C)C)C[C@@H]2CCO)CC[C@@]2(C)[C@H]1CCC21OCCO1. The van der Waals surface area contributed by atoms with Crippen molar-refractivity contribution in [3.63, 3.8) is 0 Å². The number of fused-ring (bicyclic) bond motifs is 2. The minimum absolute atomic E-state index is 0.00931. The molecule has 3 aliphatic carbocycles. The predicted octanol–water partition coefficient (Wildman–Crippen LogP) is 6.07. The molecule has 208 valence electrons. The third kappa shape index (κ3) is 4.74. The smallest absolute Gasteiger partial charge is 0.302 e. The Hall–Kier alpha value is -0.473. The van der Waals surface area contributed by atoms with Gasteiger partial charge in [0.05, 0.1) is 13.2 Å². The number of carbonyl (C=O) groups excluding carboxylic acids is 1. The fourth-order valence-corrected chi connectivity index (χ4v) is 9.60. The second-order valence-corrected chi connectivity index (χ2v) is 19.0. The van der Waals surface area contributed by atoms with Crippen LogP contribution in [0.25, 0.3) is 0 Å². The summed E-state index contributed by atoms with van der Waals surface area (Å²) in [6, 6.07) is 0. The molecule has 1 unspecified atom stereocenters. The van der Waals surface area contributed by atoms with E-state index in [1.165, 1.54) is 0 Å². The first-order valence-electron chi connectivity index (χ1n) is 14.4. The molecule has 3 saturated carbocycles. The third-order valence-corrected chi connectivity index (χ3v) is 15.9. The summed E-state index contributed by atoms with van der Waals surface area (Å²) in [6.45, 7) is 19.3. The number of ether oxygens (including phenoxy) is 3. The van der Waals surface area contributed by atoms with Crippen LogP contribution in [0.2, 0.25) is 18.1 Å². The second kappa shape index (κ2) is 9.93. The van der Waals surface area contributed by atoms with Gasteiger partial charge in [-0.2, -0.15) is 0 Å². The third-order valence-electron chi connectivity index (χ3n) is 11.4. The molecule has 1 spiro atoms. The van der Waals surface area contributed by atoms with Crippen LogP contribution in [-0.2, 0) is 23.4 Å². The van der Waals surface area contributed by atoms with E-state index in [0.717, 1.165) is 51.4 Å². The van der Waals surface area contributed by atoms with E-state index in [0.29, 0.717) is 19.1 Å². The molecule has 7 atom stereocenters. The van der Waals surface area contributed by atoms with Gasteiger partial charge in [-0.05, 0) is 74.4 Å². The first kappa shape index (κ1) is 28.5. The highest BCUT2D eigenvalue weighted by Crippen LogP contribution is 2.65. The van der Waals surface area contributed by atoms with Crippen LogP contribution in [0.5, 0.6) is 0 Å². The molecule has 0 aromatic rings. The monoisotopic (exact) mass is 524 g/mol. The maximum atomic E-state index is 12.4. The van der Waals surface area contributed by atoms with Crippen molar-refractivity contribution in [2.24, 2.45) is 28.6 Å². The van der Waals surface area contributed by atoms with Crippen LogP contribution in [0, 0.1) is 28.6 Å². The van der Waals surface area contributed by atoms with Crippen LogP contribution in [0.4, 0.5) is 0 Å². The minimum atomic E-state index is -1.87. The van der Waals surface area contributed by atoms with Gasteiger partial charge in [0.1, 0.15) is 6.10 Å². The number of hydrogen-bond acceptors (Lipinski definition) is 6. The Labute approximate surface area is 220 Å². The molecule has 1 aliphatic heterocycles. The zero-order valence-corrected chi connectivity index (χ0v) is 25.2. The van der Waals surface area contributed by atoms with Crippen molar-refractivity contribution < 1.29 is 28.5 Å². The van der Waals surface area contributed by atoms with Gasteiger partial charge in [0.25, 0.3) is 0 Å². The van der Waals surface area contributed by atoms with Crippen LogP contribution >= 0.6 is 0 Å². The summed E-state index contributed by atoms with van der Waals surface area (Å²) in [5, 5.41) is 10.3. The van der Waals surface area contributed by atoms with Crippen LogP contribution in [0.1, 0.15) is 92.9 Å². The molecular formula is C29H52O6Si. The Bertz CT molecular complexity index is 802. The van der Waals surface area contributed by atoms with E-state index in [1.54, 1.807) is 6.92 Å². The topological polar surface area (TPSA) is 74.2 Å². The Morgan fingerprint density at radius 2 is 1.67 bits per heavy atom. The summed E-state index contributed by atoms with van der Waals surface area (Å²) >= 11 is 0. The highest BCUT2D eigenvalue weighted by molar-refractivity contribution is 6.74. The summed E-state index contributed by atoms with van der Waals surface area (Å²) in [6.07, 6.45) is 7.77. The summed E-state index contributed by atoms with van der Waals surface area (Å²) in [5.74, 6) is 0.113. The Kier molecular flexibility index (Phi) is 7.87. The van der Waals surface area contributed by atoms with E-state index >= 15 is 0 Å². The van der Waals surface area contributed by atoms with Crippen LogP contribution in [0.3, 0.4) is 0 Å². The van der Waals surface area contributed by atoms with E-state index in [1.807, 2.05) is 0 Å². The zero-order valence-electron chi connectivity index (χ0n) is 24.2. The molecule has 0 bridgehead atoms. The normalized spacial score (nSPS) is 40.9. The molecule has 0 aromatic heterocycles. The standard InChI is InChI=1S/C29H52O6Si/c1-20(31)34-25-23(10-14-28(6)24(25)11-15-29(28)32-17-18-33-29)27(5)13-9-22(19-21(27)12-16-30)35-36(7,8)26(2,3)4/h21-25,30H,9-19H2,1-8H3/t21-,22?,23-,24-,25+,27-,28-/m0/s1. The van der Waals surface area contributed by atoms with E-state index in [9.17, 15) is 9.90 Å². The molecule has 0 radical (unpaired) electrons. The van der Waals surface area contributed by atoms with E-state index in [2.05, 4.69) is 47.7 Å². The van der Waals surface area contributed by atoms with Gasteiger partial charge in [-0.15, -0.1) is 0 Å². The Balaban J connectivity index is 1.59. The number of esters is 1. The molecule has 1 N–H and O–H groups in total. The lowest BCUT2D eigenvalue weighted by Gasteiger charge is -2.58. The van der Waals surface area contributed by atoms with Crippen molar-refractivity contribution in [2.75, 3.05) is 19.8 Å². The van der Waals surface area contributed by atoms with Crippen molar-refractivity contribution in [3.05, 3.63) is 0 Å². The van der Waals surface area contributed by atoms with E-state index < -0.39 is 14.1 Å². The summed E-state index contributed by atoms with van der Waals surface area (Å²) in [5.41, 5.74) is -0.157. The Morgan fingerprint density at radius 1 is 1.03 bits per heavy atom. The number of aliphatic hydroxyl groups excluding tert-OH is 1. The lowest BCUT2D eigenvalue weighted by Crippen LogP contribution is -2.58. The minimum Gasteiger partial charge on any atom is -0.462 e. The molecule has 7 heteroatoms. The van der Waals surface area contributed by atoms with Gasteiger partial charge < -0.3 is 23.7 Å². The Morgan fingerprint density at radius 3 is 2.25 bits per heavy atom. The van der Waals surface area contributed by atoms with Gasteiger partial charge >= 0.3 is 5.97 Å². The number of carbonyl (C=O) groups is 1. The van der Waals surface area contributed by atoms with Crippen LogP contribution < -0.4 is 0 Å². The highest BCUT2D eigenvalue weighted by atomic mass is 28.4. The fraction of sp³-hybridized carbons (Fsp3) is 0.966. The predicted molar refractivity (Wildman–Crippen MR) is 143 cm³/mol. The van der Waals surface area contributed by atoms with Gasteiger partial charge in [0.2, 0.25) is 0 Å². The van der Waals surface area contributed by atoms with Gasteiger partial charge in [-0.3, -0.25) is 4.79 Å². The van der Waals surface area contributed by atoms with Crippen molar-refractivity contribution in [2.45, 2.75) is 129 Å². The molecule has 36 heavy (non-hydrogen) atoms.